The van der Waals surface area contributed by atoms with E-state index in [1.807, 2.05) is 29.6 Å². The summed E-state index contributed by atoms with van der Waals surface area (Å²) in [5.74, 6) is -0.494. The molecule has 4 rings (SSSR count). The van der Waals surface area contributed by atoms with Gasteiger partial charge in [0.25, 0.3) is 5.56 Å². The average Bonchev–Trinajstić information content (AvgIpc) is 3.35. The largest absolute Gasteiger partial charge is 0.458 e. The normalized spacial score (nSPS) is 16.3. The van der Waals surface area contributed by atoms with Crippen LogP contribution in [0.25, 0.3) is 6.08 Å². The SMILES string of the molecule is C=CCOC(=O)C1=C(C)N=c2s/c(=C\c3cccnc3)c(=O)n2[C@@H]1c1cccs1. The van der Waals surface area contributed by atoms with Gasteiger partial charge in [0, 0.05) is 17.3 Å². The molecule has 0 amide bonds. The number of nitrogens with zero attached hydrogens (tertiary/aromatic N) is 3. The topological polar surface area (TPSA) is 73.6 Å². The van der Waals surface area contributed by atoms with Crippen LogP contribution in [-0.4, -0.2) is 22.1 Å². The van der Waals surface area contributed by atoms with E-state index < -0.39 is 12.0 Å². The Morgan fingerprint density at radius 2 is 2.24 bits per heavy atom. The predicted molar refractivity (Wildman–Crippen MR) is 113 cm³/mol. The molecule has 6 nitrogen and oxygen atoms in total. The van der Waals surface area contributed by atoms with Crippen LogP contribution < -0.4 is 14.9 Å². The lowest BCUT2D eigenvalue weighted by Gasteiger charge is -2.23. The van der Waals surface area contributed by atoms with Gasteiger partial charge < -0.3 is 4.74 Å². The maximum absolute atomic E-state index is 13.3. The summed E-state index contributed by atoms with van der Waals surface area (Å²) in [6.07, 6.45) is 6.67. The van der Waals surface area contributed by atoms with Crippen molar-refractivity contribution in [3.8, 4) is 0 Å². The first-order valence-corrected chi connectivity index (χ1v) is 10.5. The molecule has 1 atom stereocenters. The molecule has 0 radical (unpaired) electrons. The van der Waals surface area contributed by atoms with Crippen molar-refractivity contribution in [2.45, 2.75) is 13.0 Å². The van der Waals surface area contributed by atoms with Crippen molar-refractivity contribution in [3.63, 3.8) is 0 Å². The Balaban J connectivity index is 1.92. The zero-order chi connectivity index (χ0) is 20.4. The highest BCUT2D eigenvalue weighted by Crippen LogP contribution is 2.33. The van der Waals surface area contributed by atoms with E-state index in [0.29, 0.717) is 20.6 Å². The average molecular weight is 424 g/mol. The first-order valence-electron chi connectivity index (χ1n) is 8.84. The van der Waals surface area contributed by atoms with E-state index in [1.165, 1.54) is 28.7 Å². The minimum Gasteiger partial charge on any atom is -0.458 e. The number of hydrogen-bond acceptors (Lipinski definition) is 7. The van der Waals surface area contributed by atoms with Crippen LogP contribution in [0.2, 0.25) is 0 Å². The summed E-state index contributed by atoms with van der Waals surface area (Å²) >= 11 is 2.78. The Kier molecular flexibility index (Phi) is 5.37. The molecule has 0 aliphatic carbocycles. The fourth-order valence-electron chi connectivity index (χ4n) is 3.12. The summed E-state index contributed by atoms with van der Waals surface area (Å²) in [4.78, 5) is 36.1. The molecule has 0 saturated heterocycles. The summed E-state index contributed by atoms with van der Waals surface area (Å²) in [5.41, 5.74) is 1.55. The van der Waals surface area contributed by atoms with Crippen LogP contribution in [0.3, 0.4) is 0 Å². The Bertz CT molecular complexity index is 1270. The molecule has 3 aromatic heterocycles. The minimum absolute atomic E-state index is 0.0954. The molecule has 29 heavy (non-hydrogen) atoms. The van der Waals surface area contributed by atoms with Crippen LogP contribution in [-0.2, 0) is 9.53 Å². The van der Waals surface area contributed by atoms with Gasteiger partial charge in [0.2, 0.25) is 0 Å². The summed E-state index contributed by atoms with van der Waals surface area (Å²) in [7, 11) is 0. The zero-order valence-corrected chi connectivity index (χ0v) is 17.2. The Hall–Kier alpha value is -3.10. The van der Waals surface area contributed by atoms with E-state index in [0.717, 1.165) is 10.4 Å². The lowest BCUT2D eigenvalue weighted by Crippen LogP contribution is -2.39. The van der Waals surface area contributed by atoms with Crippen molar-refractivity contribution in [2.24, 2.45) is 4.99 Å². The number of aromatic nitrogens is 2. The van der Waals surface area contributed by atoms with Crippen LogP contribution >= 0.6 is 22.7 Å². The van der Waals surface area contributed by atoms with Crippen LogP contribution in [0.15, 0.2) is 75.8 Å². The molecule has 146 valence electrons. The quantitative estimate of drug-likeness (QED) is 0.467. The molecule has 0 saturated carbocycles. The van der Waals surface area contributed by atoms with Crippen LogP contribution in [0.1, 0.15) is 23.4 Å². The van der Waals surface area contributed by atoms with Crippen molar-refractivity contribution in [1.82, 2.24) is 9.55 Å². The summed E-state index contributed by atoms with van der Waals surface area (Å²) in [6, 6.07) is 6.93. The standard InChI is InChI=1S/C21H17N3O3S2/c1-3-9-27-20(26)17-13(2)23-21-24(18(17)15-7-5-10-28-15)19(25)16(29-21)11-14-6-4-8-22-12-14/h3-8,10-12,18H,1,9H2,2H3/b16-11-/t18-/m1/s1. The van der Waals surface area contributed by atoms with Crippen LogP contribution in [0, 0.1) is 0 Å². The molecule has 0 fully saturated rings. The van der Waals surface area contributed by atoms with Crippen molar-refractivity contribution in [3.05, 3.63) is 96.1 Å². The van der Waals surface area contributed by atoms with Gasteiger partial charge in [-0.05, 0) is 36.1 Å². The maximum atomic E-state index is 13.3. The van der Waals surface area contributed by atoms with E-state index in [9.17, 15) is 9.59 Å². The van der Waals surface area contributed by atoms with Gasteiger partial charge in [0.15, 0.2) is 4.80 Å². The van der Waals surface area contributed by atoms with Gasteiger partial charge in [-0.2, -0.15) is 0 Å². The number of esters is 1. The number of ether oxygens (including phenoxy) is 1. The van der Waals surface area contributed by atoms with E-state index in [-0.39, 0.29) is 12.2 Å². The second-order valence-electron chi connectivity index (χ2n) is 6.27. The molecule has 1 aliphatic heterocycles. The maximum Gasteiger partial charge on any atom is 0.338 e. The molecular formula is C21H17N3O3S2. The Morgan fingerprint density at radius 3 is 2.93 bits per heavy atom. The van der Waals surface area contributed by atoms with E-state index in [4.69, 9.17) is 4.74 Å². The molecule has 0 bridgehead atoms. The number of fused-ring (bicyclic) bond motifs is 1. The van der Waals surface area contributed by atoms with Gasteiger partial charge in [0.05, 0.1) is 15.8 Å². The van der Waals surface area contributed by atoms with E-state index in [1.54, 1.807) is 30.0 Å². The smallest absolute Gasteiger partial charge is 0.338 e. The van der Waals surface area contributed by atoms with Gasteiger partial charge in [0.1, 0.15) is 12.6 Å². The summed E-state index contributed by atoms with van der Waals surface area (Å²) < 4.78 is 7.40. The lowest BCUT2D eigenvalue weighted by atomic mass is 10.0. The van der Waals surface area contributed by atoms with Gasteiger partial charge in [-0.25, -0.2) is 9.79 Å². The Morgan fingerprint density at radius 1 is 1.38 bits per heavy atom. The molecule has 3 aromatic rings. The first-order chi connectivity index (χ1) is 14.1. The molecular weight excluding hydrogens is 406 g/mol. The number of allylic oxidation sites excluding steroid dienone is 1. The number of thiophene rings is 1. The highest BCUT2D eigenvalue weighted by Gasteiger charge is 2.33. The van der Waals surface area contributed by atoms with Crippen molar-refractivity contribution in [1.29, 1.82) is 0 Å². The summed E-state index contributed by atoms with van der Waals surface area (Å²) in [6.45, 7) is 5.44. The van der Waals surface area contributed by atoms with Crippen molar-refractivity contribution in [2.75, 3.05) is 6.61 Å². The number of thiazole rings is 1. The monoisotopic (exact) mass is 423 g/mol. The third-order valence-corrected chi connectivity index (χ3v) is 6.28. The molecule has 8 heteroatoms. The minimum atomic E-state index is -0.570. The summed E-state index contributed by atoms with van der Waals surface area (Å²) in [5, 5.41) is 1.92. The predicted octanol–water partition coefficient (Wildman–Crippen LogP) is 2.42. The fraction of sp³-hybridized carbons (Fsp3) is 0.143. The number of rotatable bonds is 5. The second-order valence-corrected chi connectivity index (χ2v) is 8.26. The van der Waals surface area contributed by atoms with Crippen molar-refractivity contribution >= 4 is 34.7 Å². The molecule has 0 unspecified atom stereocenters. The number of carbonyl (C=O) groups excluding carboxylic acids is 1. The molecule has 1 aliphatic rings. The van der Waals surface area contributed by atoms with Gasteiger partial charge in [-0.3, -0.25) is 14.3 Å². The highest BCUT2D eigenvalue weighted by molar-refractivity contribution is 7.10. The van der Waals surface area contributed by atoms with Gasteiger partial charge >= 0.3 is 5.97 Å². The molecule has 0 N–H and O–H groups in total. The third kappa shape index (κ3) is 3.64. The Labute approximate surface area is 174 Å². The van der Waals surface area contributed by atoms with E-state index >= 15 is 0 Å². The number of pyridine rings is 1. The highest BCUT2D eigenvalue weighted by atomic mass is 32.1. The van der Waals surface area contributed by atoms with Crippen LogP contribution in [0.5, 0.6) is 0 Å². The zero-order valence-electron chi connectivity index (χ0n) is 15.6. The fourth-order valence-corrected chi connectivity index (χ4v) is 4.99. The number of carbonyl (C=O) groups is 1. The van der Waals surface area contributed by atoms with Crippen LogP contribution in [0.4, 0.5) is 0 Å². The lowest BCUT2D eigenvalue weighted by molar-refractivity contribution is -0.138. The van der Waals surface area contributed by atoms with E-state index in [2.05, 4.69) is 16.6 Å². The van der Waals surface area contributed by atoms with Gasteiger partial charge in [-0.1, -0.05) is 36.1 Å². The molecule has 0 aromatic carbocycles. The second kappa shape index (κ2) is 8.10. The van der Waals surface area contributed by atoms with Gasteiger partial charge in [-0.15, -0.1) is 11.3 Å². The van der Waals surface area contributed by atoms with Crippen molar-refractivity contribution < 1.29 is 9.53 Å². The first kappa shape index (κ1) is 19.2. The molecule has 4 heterocycles. The number of hydrogen-bond donors (Lipinski definition) is 0. The third-order valence-electron chi connectivity index (χ3n) is 4.37. The molecule has 0 spiro atoms.